The first kappa shape index (κ1) is 45.6. The number of hydrogen-bond acceptors (Lipinski definition) is 5. The molecule has 1 N–H and O–H groups in total. The van der Waals surface area contributed by atoms with Crippen LogP contribution in [0.15, 0.2) is 60.8 Å². The van der Waals surface area contributed by atoms with Crippen molar-refractivity contribution in [2.24, 2.45) is 0 Å². The average Bonchev–Trinajstić information content (AvgIpc) is 3.09. The van der Waals surface area contributed by atoms with Gasteiger partial charge in [0.15, 0.2) is 6.10 Å². The Labute approximate surface area is 296 Å². The standard InChI is InChI=1S/C43H74O5/c1-3-5-7-9-11-13-15-17-18-19-20-21-22-23-24-26-28-30-32-34-36-38-43(46)48-41(39-44)40-47-42(45)37-35-33-31-29-27-25-16-14-12-10-8-6-4-2/h5-8,10-14,16,41,44H,3-4,9,15,17-40H2,1-2H3/b7-5+,8-6+,12-10+,13-11+,16-14+. The first-order chi connectivity index (χ1) is 23.6. The summed E-state index contributed by atoms with van der Waals surface area (Å²) in [4.78, 5) is 24.2. The molecular weight excluding hydrogens is 596 g/mol. The quantitative estimate of drug-likeness (QED) is 0.0314. The average molecular weight is 671 g/mol. The van der Waals surface area contributed by atoms with E-state index in [0.717, 1.165) is 77.0 Å². The zero-order chi connectivity index (χ0) is 35.0. The molecule has 5 heteroatoms. The second-order valence-corrected chi connectivity index (χ2v) is 13.0. The van der Waals surface area contributed by atoms with Crippen molar-refractivity contribution in [2.45, 2.75) is 187 Å². The fourth-order valence-electron chi connectivity index (χ4n) is 5.41. The van der Waals surface area contributed by atoms with E-state index in [0.29, 0.717) is 12.8 Å². The summed E-state index contributed by atoms with van der Waals surface area (Å²) in [5.74, 6) is -0.617. The van der Waals surface area contributed by atoms with Crippen molar-refractivity contribution in [1.82, 2.24) is 0 Å². The van der Waals surface area contributed by atoms with Crippen LogP contribution in [0.25, 0.3) is 0 Å². The number of ether oxygens (including phenoxy) is 2. The van der Waals surface area contributed by atoms with Crippen molar-refractivity contribution >= 4 is 11.9 Å². The highest BCUT2D eigenvalue weighted by Gasteiger charge is 2.16. The molecular formula is C43H74O5. The molecule has 5 nitrogen and oxygen atoms in total. The van der Waals surface area contributed by atoms with Gasteiger partial charge in [0.05, 0.1) is 6.61 Å². The van der Waals surface area contributed by atoms with Crippen molar-refractivity contribution < 1.29 is 24.2 Å². The third-order valence-corrected chi connectivity index (χ3v) is 8.37. The number of carbonyl (C=O) groups excluding carboxylic acids is 2. The van der Waals surface area contributed by atoms with Gasteiger partial charge in [-0.3, -0.25) is 9.59 Å². The van der Waals surface area contributed by atoms with Gasteiger partial charge in [-0.15, -0.1) is 0 Å². The Morgan fingerprint density at radius 1 is 0.500 bits per heavy atom. The van der Waals surface area contributed by atoms with Gasteiger partial charge in [0, 0.05) is 12.8 Å². The molecule has 48 heavy (non-hydrogen) atoms. The Bertz CT molecular complexity index is 853. The second kappa shape index (κ2) is 39.0. The Kier molecular flexibility index (Phi) is 37.1. The molecule has 1 unspecified atom stereocenters. The number of unbranched alkanes of at least 4 members (excludes halogenated alkanes) is 19. The predicted octanol–water partition coefficient (Wildman–Crippen LogP) is 12.4. The van der Waals surface area contributed by atoms with Crippen LogP contribution in [0.4, 0.5) is 0 Å². The first-order valence-electron chi connectivity index (χ1n) is 19.9. The topological polar surface area (TPSA) is 72.8 Å². The second-order valence-electron chi connectivity index (χ2n) is 13.0. The van der Waals surface area contributed by atoms with Gasteiger partial charge in [0.2, 0.25) is 0 Å². The summed E-state index contributed by atoms with van der Waals surface area (Å²) in [5.41, 5.74) is 0. The molecule has 0 aliphatic heterocycles. The molecule has 0 rings (SSSR count). The molecule has 0 saturated heterocycles. The maximum Gasteiger partial charge on any atom is 0.306 e. The molecule has 0 saturated carbocycles. The minimum atomic E-state index is -0.780. The van der Waals surface area contributed by atoms with Crippen molar-refractivity contribution in [3.05, 3.63) is 60.8 Å². The number of allylic oxidation sites excluding steroid dienone is 10. The summed E-state index contributed by atoms with van der Waals surface area (Å²) in [6.07, 6.45) is 50.0. The van der Waals surface area contributed by atoms with E-state index in [2.05, 4.69) is 74.6 Å². The lowest BCUT2D eigenvalue weighted by Crippen LogP contribution is -2.28. The molecule has 0 aromatic carbocycles. The Morgan fingerprint density at radius 3 is 1.46 bits per heavy atom. The van der Waals surface area contributed by atoms with Crippen LogP contribution in [0.2, 0.25) is 0 Å². The SMILES string of the molecule is CC/C=C/C=C/C=C/CCCCCCCC(=O)OCC(CO)OC(=O)CCCCCCCCCCCCCCCC/C=C/C/C=C/CC. The van der Waals surface area contributed by atoms with Gasteiger partial charge in [0.25, 0.3) is 0 Å². The number of aliphatic hydroxyl groups excluding tert-OH is 1. The van der Waals surface area contributed by atoms with Gasteiger partial charge >= 0.3 is 11.9 Å². The van der Waals surface area contributed by atoms with E-state index in [1.807, 2.05) is 0 Å². The molecule has 0 aliphatic carbocycles. The minimum absolute atomic E-state index is 0.0778. The Morgan fingerprint density at radius 2 is 0.938 bits per heavy atom. The highest BCUT2D eigenvalue weighted by molar-refractivity contribution is 5.70. The summed E-state index contributed by atoms with van der Waals surface area (Å²) in [6.45, 7) is 3.88. The zero-order valence-corrected chi connectivity index (χ0v) is 31.2. The van der Waals surface area contributed by atoms with E-state index in [-0.39, 0.29) is 25.2 Å². The normalized spacial score (nSPS) is 12.8. The smallest absolute Gasteiger partial charge is 0.306 e. The van der Waals surface area contributed by atoms with E-state index in [9.17, 15) is 14.7 Å². The molecule has 0 aromatic rings. The number of esters is 2. The van der Waals surface area contributed by atoms with Crippen LogP contribution in [0.5, 0.6) is 0 Å². The molecule has 0 heterocycles. The minimum Gasteiger partial charge on any atom is -0.462 e. The fourth-order valence-corrected chi connectivity index (χ4v) is 5.41. The number of aliphatic hydroxyl groups is 1. The van der Waals surface area contributed by atoms with Crippen molar-refractivity contribution in [3.63, 3.8) is 0 Å². The van der Waals surface area contributed by atoms with Crippen molar-refractivity contribution in [2.75, 3.05) is 13.2 Å². The zero-order valence-electron chi connectivity index (χ0n) is 31.2. The van der Waals surface area contributed by atoms with Crippen LogP contribution in [-0.2, 0) is 19.1 Å². The van der Waals surface area contributed by atoms with Gasteiger partial charge in [-0.2, -0.15) is 0 Å². The van der Waals surface area contributed by atoms with Crippen molar-refractivity contribution in [1.29, 1.82) is 0 Å². The summed E-state index contributed by atoms with van der Waals surface area (Å²) in [7, 11) is 0. The Hall–Kier alpha value is -2.40. The summed E-state index contributed by atoms with van der Waals surface area (Å²) < 4.78 is 10.6. The molecule has 0 spiro atoms. The fraction of sp³-hybridized carbons (Fsp3) is 0.721. The maximum atomic E-state index is 12.2. The Balaban J connectivity index is 3.54. The van der Waals surface area contributed by atoms with Crippen molar-refractivity contribution in [3.8, 4) is 0 Å². The first-order valence-corrected chi connectivity index (χ1v) is 19.9. The van der Waals surface area contributed by atoms with E-state index in [4.69, 9.17) is 9.47 Å². The van der Waals surface area contributed by atoms with E-state index in [1.54, 1.807) is 0 Å². The van der Waals surface area contributed by atoms with Crippen LogP contribution in [0, 0.1) is 0 Å². The molecule has 0 bridgehead atoms. The predicted molar refractivity (Wildman–Crippen MR) is 205 cm³/mol. The number of carbonyl (C=O) groups is 2. The molecule has 1 atom stereocenters. The molecule has 0 fully saturated rings. The molecule has 0 amide bonds. The molecule has 276 valence electrons. The maximum absolute atomic E-state index is 12.2. The lowest BCUT2D eigenvalue weighted by atomic mass is 10.0. The van der Waals surface area contributed by atoms with Gasteiger partial charge in [0.1, 0.15) is 6.61 Å². The van der Waals surface area contributed by atoms with Gasteiger partial charge in [-0.05, 0) is 57.8 Å². The summed E-state index contributed by atoms with van der Waals surface area (Å²) >= 11 is 0. The van der Waals surface area contributed by atoms with Crippen LogP contribution in [0.1, 0.15) is 181 Å². The molecule has 0 aliphatic rings. The van der Waals surface area contributed by atoms with E-state index in [1.165, 1.54) is 77.0 Å². The van der Waals surface area contributed by atoms with Gasteiger partial charge < -0.3 is 14.6 Å². The number of rotatable bonds is 35. The summed E-state index contributed by atoms with van der Waals surface area (Å²) in [5, 5.41) is 9.55. The van der Waals surface area contributed by atoms with Crippen LogP contribution < -0.4 is 0 Å². The largest absolute Gasteiger partial charge is 0.462 e. The molecule has 0 radical (unpaired) electrons. The van der Waals surface area contributed by atoms with Crippen LogP contribution in [0.3, 0.4) is 0 Å². The highest BCUT2D eigenvalue weighted by atomic mass is 16.6. The lowest BCUT2D eigenvalue weighted by molar-refractivity contribution is -0.161. The van der Waals surface area contributed by atoms with Crippen LogP contribution in [-0.4, -0.2) is 36.4 Å². The molecule has 0 aromatic heterocycles. The van der Waals surface area contributed by atoms with Gasteiger partial charge in [-0.1, -0.05) is 171 Å². The third kappa shape index (κ3) is 36.4. The third-order valence-electron chi connectivity index (χ3n) is 8.37. The highest BCUT2D eigenvalue weighted by Crippen LogP contribution is 2.14. The monoisotopic (exact) mass is 671 g/mol. The lowest BCUT2D eigenvalue weighted by Gasteiger charge is -2.15. The van der Waals surface area contributed by atoms with Crippen LogP contribution >= 0.6 is 0 Å². The van der Waals surface area contributed by atoms with E-state index >= 15 is 0 Å². The van der Waals surface area contributed by atoms with E-state index < -0.39 is 6.10 Å². The van der Waals surface area contributed by atoms with Gasteiger partial charge in [-0.25, -0.2) is 0 Å². The number of hydrogen-bond donors (Lipinski definition) is 1. The summed E-state index contributed by atoms with van der Waals surface area (Å²) in [6, 6.07) is 0.